The van der Waals surface area contributed by atoms with Crippen molar-refractivity contribution in [1.82, 2.24) is 19.9 Å². The summed E-state index contributed by atoms with van der Waals surface area (Å²) in [4.78, 5) is 38.4. The normalized spacial score (nSPS) is 17.7. The van der Waals surface area contributed by atoms with E-state index >= 15 is 0 Å². The third-order valence-corrected chi connectivity index (χ3v) is 7.64. The van der Waals surface area contributed by atoms with Crippen molar-refractivity contribution in [3.8, 4) is 11.3 Å². The van der Waals surface area contributed by atoms with Crippen LogP contribution < -0.4 is 14.7 Å². The van der Waals surface area contributed by atoms with E-state index < -0.39 is 0 Å². The van der Waals surface area contributed by atoms with Crippen molar-refractivity contribution in [3.63, 3.8) is 0 Å². The minimum absolute atomic E-state index is 0.332. The lowest BCUT2D eigenvalue weighted by atomic mass is 10.1. The van der Waals surface area contributed by atoms with E-state index in [1.807, 2.05) is 25.3 Å². The molecule has 0 bridgehead atoms. The number of nitrogens with zero attached hydrogens (tertiary/aromatic N) is 7. The Morgan fingerprint density at radius 2 is 1.82 bits per heavy atom. The quantitative estimate of drug-likeness (QED) is 0.398. The molecule has 1 unspecified atom stereocenters. The van der Waals surface area contributed by atoms with Gasteiger partial charge in [0.15, 0.2) is 0 Å². The molecule has 0 aliphatic carbocycles. The van der Waals surface area contributed by atoms with Crippen LogP contribution in [0, 0.1) is 6.92 Å². The molecule has 0 radical (unpaired) electrons. The molecule has 2 fully saturated rings. The number of esters is 1. The predicted molar refractivity (Wildman–Crippen MR) is 155 cm³/mol. The van der Waals surface area contributed by atoms with E-state index in [-0.39, 0.29) is 5.97 Å². The molecule has 3 aromatic heterocycles. The summed E-state index contributed by atoms with van der Waals surface area (Å²) in [6.45, 7) is 15.0. The maximum atomic E-state index is 12.1. The van der Waals surface area contributed by atoms with Gasteiger partial charge in [0, 0.05) is 68.5 Å². The largest absolute Gasteiger partial charge is 0.462 e. The van der Waals surface area contributed by atoms with Crippen molar-refractivity contribution in [2.75, 3.05) is 54.0 Å². The number of hydrogen-bond donors (Lipinski definition) is 0. The van der Waals surface area contributed by atoms with Crippen LogP contribution in [0.15, 0.2) is 36.7 Å². The molecule has 206 valence electrons. The van der Waals surface area contributed by atoms with Crippen molar-refractivity contribution in [1.29, 1.82) is 0 Å². The first-order chi connectivity index (χ1) is 18.8. The lowest BCUT2D eigenvalue weighted by molar-refractivity contribution is 0.0526. The Morgan fingerprint density at radius 1 is 1.05 bits per heavy atom. The van der Waals surface area contributed by atoms with Gasteiger partial charge < -0.3 is 19.4 Å². The molecule has 0 saturated carbocycles. The number of carbonyl (C=O) groups is 1. The van der Waals surface area contributed by atoms with E-state index in [9.17, 15) is 4.79 Å². The number of aryl methyl sites for hydroxylation is 1. The summed E-state index contributed by atoms with van der Waals surface area (Å²) in [5.41, 5.74) is 4.54. The number of ether oxygens (including phenoxy) is 1. The lowest BCUT2D eigenvalue weighted by Gasteiger charge is -2.37. The Labute approximate surface area is 231 Å². The zero-order valence-corrected chi connectivity index (χ0v) is 23.7. The van der Waals surface area contributed by atoms with Gasteiger partial charge in [0.05, 0.1) is 17.9 Å². The molecule has 1 atom stereocenters. The third kappa shape index (κ3) is 5.82. The van der Waals surface area contributed by atoms with E-state index in [1.54, 1.807) is 13.1 Å². The summed E-state index contributed by atoms with van der Waals surface area (Å²) in [5, 5.41) is 0. The molecule has 0 amide bonds. The van der Waals surface area contributed by atoms with Gasteiger partial charge in [-0.05, 0) is 63.3 Å². The van der Waals surface area contributed by atoms with E-state index in [1.165, 1.54) is 0 Å². The van der Waals surface area contributed by atoms with Crippen LogP contribution >= 0.6 is 0 Å². The van der Waals surface area contributed by atoms with E-state index in [4.69, 9.17) is 14.7 Å². The molecular formula is C30H39N7O2. The van der Waals surface area contributed by atoms with E-state index in [0.29, 0.717) is 24.1 Å². The summed E-state index contributed by atoms with van der Waals surface area (Å²) < 4.78 is 5.13. The third-order valence-electron chi connectivity index (χ3n) is 7.64. The lowest BCUT2D eigenvalue weighted by Crippen LogP contribution is -2.47. The molecular weight excluding hydrogens is 490 g/mol. The number of aromatic nitrogens is 4. The molecule has 9 heteroatoms. The van der Waals surface area contributed by atoms with Gasteiger partial charge in [-0.15, -0.1) is 0 Å². The van der Waals surface area contributed by atoms with Crippen LogP contribution in [0.3, 0.4) is 0 Å². The number of piperazine rings is 1. The Kier molecular flexibility index (Phi) is 7.95. The molecule has 2 aliphatic rings. The zero-order chi connectivity index (χ0) is 27.5. The van der Waals surface area contributed by atoms with Crippen LogP contribution in [-0.4, -0.2) is 71.3 Å². The smallest absolute Gasteiger partial charge is 0.339 e. The SMILES string of the molecule is CCOC(=O)c1cnc(N2CCN(c3cc(-c4ccnc(C(C)C)c4)nc(N4CCCC4C)n3)CC2)c(C)c1. The standard InChI is InChI=1S/C30H39N7O2/c1-6-39-29(38)24-16-21(4)28(32-19-24)36-14-12-35(13-15-36)27-18-26(23-9-10-31-25(17-23)20(2)3)33-30(34-27)37-11-7-8-22(37)5/h9-10,16-20,22H,6-8,11-15H2,1-5H3. The van der Waals surface area contributed by atoms with E-state index in [2.05, 4.69) is 57.6 Å². The van der Waals surface area contributed by atoms with Crippen molar-refractivity contribution in [2.45, 2.75) is 59.4 Å². The maximum Gasteiger partial charge on any atom is 0.339 e. The minimum atomic E-state index is -0.332. The van der Waals surface area contributed by atoms with Crippen molar-refractivity contribution < 1.29 is 9.53 Å². The maximum absolute atomic E-state index is 12.1. The first kappa shape index (κ1) is 26.8. The highest BCUT2D eigenvalue weighted by Crippen LogP contribution is 2.30. The molecule has 5 rings (SSSR count). The molecule has 0 N–H and O–H groups in total. The highest BCUT2D eigenvalue weighted by Gasteiger charge is 2.27. The van der Waals surface area contributed by atoms with Crippen LogP contribution in [0.25, 0.3) is 11.3 Å². The van der Waals surface area contributed by atoms with Crippen molar-refractivity contribution >= 4 is 23.6 Å². The predicted octanol–water partition coefficient (Wildman–Crippen LogP) is 4.86. The van der Waals surface area contributed by atoms with Gasteiger partial charge in [0.2, 0.25) is 5.95 Å². The Hall–Kier alpha value is -3.75. The molecule has 2 aliphatic heterocycles. The fourth-order valence-corrected chi connectivity index (χ4v) is 5.39. The molecule has 3 aromatic rings. The first-order valence-electron chi connectivity index (χ1n) is 14.1. The number of anilines is 3. The number of rotatable bonds is 7. The van der Waals surface area contributed by atoms with Gasteiger partial charge in [-0.1, -0.05) is 13.8 Å². The second-order valence-electron chi connectivity index (χ2n) is 10.8. The Bertz CT molecular complexity index is 1320. The van der Waals surface area contributed by atoms with Gasteiger partial charge in [-0.3, -0.25) is 4.98 Å². The minimum Gasteiger partial charge on any atom is -0.462 e. The molecule has 2 saturated heterocycles. The summed E-state index contributed by atoms with van der Waals surface area (Å²) in [6, 6.07) is 8.62. The van der Waals surface area contributed by atoms with Gasteiger partial charge in [-0.2, -0.15) is 4.98 Å². The van der Waals surface area contributed by atoms with Crippen LogP contribution in [0.2, 0.25) is 0 Å². The number of carbonyl (C=O) groups excluding carboxylic acids is 1. The number of hydrogen-bond acceptors (Lipinski definition) is 9. The average Bonchev–Trinajstić information content (AvgIpc) is 3.39. The van der Waals surface area contributed by atoms with Gasteiger partial charge in [-0.25, -0.2) is 14.8 Å². The zero-order valence-electron chi connectivity index (χ0n) is 23.7. The monoisotopic (exact) mass is 529 g/mol. The van der Waals surface area contributed by atoms with Crippen molar-refractivity contribution in [3.05, 3.63) is 53.5 Å². The van der Waals surface area contributed by atoms with Crippen LogP contribution in [-0.2, 0) is 4.74 Å². The van der Waals surface area contributed by atoms with Gasteiger partial charge in [0.25, 0.3) is 0 Å². The molecule has 0 aromatic carbocycles. The average molecular weight is 530 g/mol. The second kappa shape index (κ2) is 11.6. The summed E-state index contributed by atoms with van der Waals surface area (Å²) in [6.07, 6.45) is 5.82. The summed E-state index contributed by atoms with van der Waals surface area (Å²) in [5.74, 6) is 2.70. The molecule has 39 heavy (non-hydrogen) atoms. The first-order valence-corrected chi connectivity index (χ1v) is 14.1. The summed E-state index contributed by atoms with van der Waals surface area (Å²) >= 11 is 0. The highest BCUT2D eigenvalue weighted by molar-refractivity contribution is 5.89. The number of pyridine rings is 2. The topological polar surface area (TPSA) is 87.6 Å². The fraction of sp³-hybridized carbons (Fsp3) is 0.500. The fourth-order valence-electron chi connectivity index (χ4n) is 5.39. The van der Waals surface area contributed by atoms with Crippen molar-refractivity contribution in [2.24, 2.45) is 0 Å². The van der Waals surface area contributed by atoms with Crippen LogP contribution in [0.4, 0.5) is 17.6 Å². The highest BCUT2D eigenvalue weighted by atomic mass is 16.5. The van der Waals surface area contributed by atoms with Crippen LogP contribution in [0.5, 0.6) is 0 Å². The summed E-state index contributed by atoms with van der Waals surface area (Å²) in [7, 11) is 0. The second-order valence-corrected chi connectivity index (χ2v) is 10.8. The molecule has 5 heterocycles. The van der Waals surface area contributed by atoms with Gasteiger partial charge in [0.1, 0.15) is 11.6 Å². The molecule has 0 spiro atoms. The van der Waals surface area contributed by atoms with Crippen LogP contribution in [0.1, 0.15) is 68.1 Å². The van der Waals surface area contributed by atoms with E-state index in [0.717, 1.165) is 85.7 Å². The molecule has 9 nitrogen and oxygen atoms in total. The Balaban J connectivity index is 1.39. The Morgan fingerprint density at radius 3 is 2.49 bits per heavy atom. The van der Waals surface area contributed by atoms with Gasteiger partial charge >= 0.3 is 5.97 Å².